The molecular formula is C6H15NO7S. The lowest BCUT2D eigenvalue weighted by molar-refractivity contribution is -0.234. The second-order valence-electron chi connectivity index (χ2n) is 2.51. The summed E-state index contributed by atoms with van der Waals surface area (Å²) in [6.07, 6.45) is 2.83. The predicted molar refractivity (Wildman–Crippen MR) is 50.4 cm³/mol. The molecule has 0 heterocycles. The highest BCUT2D eigenvalue weighted by Crippen LogP contribution is 1.98. The first-order chi connectivity index (χ1) is 6.81. The van der Waals surface area contributed by atoms with Crippen LogP contribution >= 0.6 is 0 Å². The van der Waals surface area contributed by atoms with Gasteiger partial charge in [-0.1, -0.05) is 6.42 Å². The molecule has 0 radical (unpaired) electrons. The molecule has 0 rings (SSSR count). The van der Waals surface area contributed by atoms with Crippen LogP contribution in [0.4, 0.5) is 0 Å². The summed E-state index contributed by atoms with van der Waals surface area (Å²) < 4.78 is 31.6. The van der Waals surface area contributed by atoms with E-state index in [0.717, 1.165) is 19.3 Å². The number of carbonyl (C=O) groups excluding carboxylic acids is 1. The molecule has 0 unspecified atom stereocenters. The van der Waals surface area contributed by atoms with E-state index in [9.17, 15) is 4.79 Å². The van der Waals surface area contributed by atoms with Gasteiger partial charge in [-0.15, -0.1) is 0 Å². The highest BCUT2D eigenvalue weighted by atomic mass is 32.3. The topological polar surface area (TPSA) is 147 Å². The first-order valence-corrected chi connectivity index (χ1v) is 5.45. The zero-order valence-corrected chi connectivity index (χ0v) is 8.81. The molecule has 0 aromatic rings. The average Bonchev–Trinajstić information content (AvgIpc) is 2.09. The highest BCUT2D eigenvalue weighted by molar-refractivity contribution is 7.79. The molecule has 8 nitrogen and oxygen atoms in total. The van der Waals surface area contributed by atoms with Gasteiger partial charge in [0.1, 0.15) is 0 Å². The minimum Gasteiger partial charge on any atom is -0.330 e. The van der Waals surface area contributed by atoms with Crippen LogP contribution in [0.2, 0.25) is 0 Å². The van der Waals surface area contributed by atoms with Gasteiger partial charge < -0.3 is 10.6 Å². The number of carbonyl (C=O) groups is 1. The summed E-state index contributed by atoms with van der Waals surface area (Å²) in [6.45, 7) is 0.647. The maximum atomic E-state index is 10.3. The first-order valence-electron chi connectivity index (χ1n) is 4.05. The summed E-state index contributed by atoms with van der Waals surface area (Å²) in [4.78, 5) is 13.7. The Balaban J connectivity index is 0. The van der Waals surface area contributed by atoms with Gasteiger partial charge in [-0.25, -0.2) is 4.79 Å². The van der Waals surface area contributed by atoms with Crippen LogP contribution in [-0.4, -0.2) is 35.3 Å². The van der Waals surface area contributed by atoms with E-state index in [1.54, 1.807) is 0 Å². The molecule has 92 valence electrons. The van der Waals surface area contributed by atoms with Gasteiger partial charge in [0.05, 0.1) is 0 Å². The monoisotopic (exact) mass is 245 g/mol. The predicted octanol–water partition coefficient (Wildman–Crippen LogP) is -0.131. The third-order valence-corrected chi connectivity index (χ3v) is 1.19. The molecule has 0 amide bonds. The van der Waals surface area contributed by atoms with E-state index in [-0.39, 0.29) is 6.42 Å². The fraction of sp³-hybridized carbons (Fsp3) is 0.833. The standard InChI is InChI=1S/C6H13NO3.H2O4S/c7-5-3-1-2-4-6(8)10-9;1-5(2,3)4/h9H,1-5,7H2;(H2,1,2,3,4). The largest absolute Gasteiger partial charge is 0.394 e. The molecule has 9 heteroatoms. The normalized spacial score (nSPS) is 10.1. The maximum Gasteiger partial charge on any atom is 0.394 e. The average molecular weight is 245 g/mol. The molecule has 0 atom stereocenters. The Morgan fingerprint density at radius 3 is 2.00 bits per heavy atom. The molecule has 0 aliphatic carbocycles. The number of unbranched alkanes of at least 4 members (excludes halogenated alkanes) is 2. The zero-order chi connectivity index (χ0) is 12.3. The fourth-order valence-electron chi connectivity index (χ4n) is 0.636. The number of hydrogen-bond acceptors (Lipinski definition) is 6. The van der Waals surface area contributed by atoms with Gasteiger partial charge in [0.2, 0.25) is 0 Å². The number of hydrogen-bond donors (Lipinski definition) is 4. The second-order valence-corrected chi connectivity index (χ2v) is 3.41. The Hall–Kier alpha value is -0.740. The van der Waals surface area contributed by atoms with Crippen molar-refractivity contribution in [2.75, 3.05) is 6.54 Å². The lowest BCUT2D eigenvalue weighted by atomic mass is 10.2. The molecule has 0 saturated carbocycles. The fourth-order valence-corrected chi connectivity index (χ4v) is 0.636. The van der Waals surface area contributed by atoms with Crippen LogP contribution in [0.5, 0.6) is 0 Å². The van der Waals surface area contributed by atoms with Gasteiger partial charge in [0.25, 0.3) is 0 Å². The Morgan fingerprint density at radius 2 is 1.67 bits per heavy atom. The van der Waals surface area contributed by atoms with Crippen molar-refractivity contribution in [1.29, 1.82) is 0 Å². The molecule has 0 aromatic carbocycles. The van der Waals surface area contributed by atoms with Crippen molar-refractivity contribution in [3.05, 3.63) is 0 Å². The minimum atomic E-state index is -4.67. The third-order valence-electron chi connectivity index (χ3n) is 1.19. The van der Waals surface area contributed by atoms with Gasteiger partial charge >= 0.3 is 16.4 Å². The van der Waals surface area contributed by atoms with Crippen molar-refractivity contribution in [1.82, 2.24) is 0 Å². The maximum absolute atomic E-state index is 10.3. The van der Waals surface area contributed by atoms with E-state index in [1.165, 1.54) is 0 Å². The molecule has 0 fully saturated rings. The van der Waals surface area contributed by atoms with E-state index in [2.05, 4.69) is 4.89 Å². The van der Waals surface area contributed by atoms with Gasteiger partial charge in [-0.05, 0) is 19.4 Å². The van der Waals surface area contributed by atoms with Gasteiger partial charge in [-0.3, -0.25) is 9.11 Å². The van der Waals surface area contributed by atoms with E-state index < -0.39 is 16.4 Å². The lowest BCUT2D eigenvalue weighted by Gasteiger charge is -1.95. The minimum absolute atomic E-state index is 0.274. The lowest BCUT2D eigenvalue weighted by Crippen LogP contribution is -2.02. The van der Waals surface area contributed by atoms with Crippen molar-refractivity contribution < 1.29 is 32.5 Å². The van der Waals surface area contributed by atoms with Crippen LogP contribution in [0, 0.1) is 0 Å². The molecule has 5 N–H and O–H groups in total. The van der Waals surface area contributed by atoms with E-state index in [1.807, 2.05) is 0 Å². The summed E-state index contributed by atoms with van der Waals surface area (Å²) in [6, 6.07) is 0. The van der Waals surface area contributed by atoms with Crippen LogP contribution in [0.25, 0.3) is 0 Å². The quantitative estimate of drug-likeness (QED) is 0.226. The molecule has 0 aromatic heterocycles. The molecule has 0 aliphatic heterocycles. The van der Waals surface area contributed by atoms with E-state index >= 15 is 0 Å². The van der Waals surface area contributed by atoms with Crippen molar-refractivity contribution in [2.24, 2.45) is 5.73 Å². The van der Waals surface area contributed by atoms with Crippen LogP contribution in [0.15, 0.2) is 0 Å². The molecule has 0 aliphatic rings. The first kappa shape index (κ1) is 16.7. The summed E-state index contributed by atoms with van der Waals surface area (Å²) in [5.74, 6) is -0.572. The second kappa shape index (κ2) is 9.80. The van der Waals surface area contributed by atoms with Crippen molar-refractivity contribution in [3.8, 4) is 0 Å². The molecule has 0 spiro atoms. The number of nitrogens with two attached hydrogens (primary N) is 1. The van der Waals surface area contributed by atoms with Gasteiger partial charge in [-0.2, -0.15) is 13.7 Å². The Morgan fingerprint density at radius 1 is 1.20 bits per heavy atom. The Labute approximate surface area is 87.5 Å². The summed E-state index contributed by atoms with van der Waals surface area (Å²) >= 11 is 0. The van der Waals surface area contributed by atoms with Crippen molar-refractivity contribution >= 4 is 16.4 Å². The molecule has 0 bridgehead atoms. The summed E-state index contributed by atoms with van der Waals surface area (Å²) in [7, 11) is -4.67. The van der Waals surface area contributed by atoms with Crippen molar-refractivity contribution in [3.63, 3.8) is 0 Å². The van der Waals surface area contributed by atoms with Gasteiger partial charge in [0, 0.05) is 6.42 Å². The zero-order valence-electron chi connectivity index (χ0n) is 8.00. The van der Waals surface area contributed by atoms with Crippen LogP contribution in [-0.2, 0) is 20.1 Å². The molecular weight excluding hydrogens is 230 g/mol. The van der Waals surface area contributed by atoms with Crippen LogP contribution in [0.1, 0.15) is 25.7 Å². The third kappa shape index (κ3) is 31.9. The van der Waals surface area contributed by atoms with Crippen molar-refractivity contribution in [2.45, 2.75) is 25.7 Å². The van der Waals surface area contributed by atoms with Gasteiger partial charge in [0.15, 0.2) is 0 Å². The van der Waals surface area contributed by atoms with Crippen LogP contribution in [0.3, 0.4) is 0 Å². The Kier molecular flexibility index (Phi) is 10.9. The molecule has 15 heavy (non-hydrogen) atoms. The summed E-state index contributed by atoms with van der Waals surface area (Å²) in [5, 5.41) is 7.82. The summed E-state index contributed by atoms with van der Waals surface area (Å²) in [5.41, 5.74) is 5.21. The smallest absolute Gasteiger partial charge is 0.330 e. The SMILES string of the molecule is NCCCCCC(=O)OO.O=S(=O)(O)O. The van der Waals surface area contributed by atoms with Crippen LogP contribution < -0.4 is 5.73 Å². The van der Waals surface area contributed by atoms with E-state index in [0.29, 0.717) is 6.54 Å². The molecule has 0 saturated heterocycles. The Bertz CT molecular complexity index is 242. The highest BCUT2D eigenvalue weighted by Gasteiger charge is 1.99. The van der Waals surface area contributed by atoms with E-state index in [4.69, 9.17) is 28.5 Å². The number of rotatable bonds is 5.